The van der Waals surface area contributed by atoms with Gasteiger partial charge in [0.2, 0.25) is 0 Å². The van der Waals surface area contributed by atoms with Crippen LogP contribution in [-0.4, -0.2) is 9.55 Å². The van der Waals surface area contributed by atoms with Gasteiger partial charge in [-0.05, 0) is 30.3 Å². The quantitative estimate of drug-likeness (QED) is 0.724. The van der Waals surface area contributed by atoms with Gasteiger partial charge >= 0.3 is 0 Å². The minimum Gasteiger partial charge on any atom is -0.399 e. The maximum Gasteiger partial charge on any atom is 0.150 e. The van der Waals surface area contributed by atoms with Crippen LogP contribution in [0.3, 0.4) is 0 Å². The van der Waals surface area contributed by atoms with Gasteiger partial charge in [0.15, 0.2) is 0 Å². The highest BCUT2D eigenvalue weighted by atomic mass is 19.1. The third kappa shape index (κ3) is 2.14. The molecule has 3 rings (SSSR count). The second-order valence-corrected chi connectivity index (χ2v) is 5.28. The third-order valence-corrected chi connectivity index (χ3v) is 3.38. The van der Waals surface area contributed by atoms with Gasteiger partial charge in [-0.25, -0.2) is 13.8 Å². The number of hydrogen-bond donors (Lipinski definition) is 1. The predicted molar refractivity (Wildman–Crippen MR) is 79.5 cm³/mol. The molecule has 1 heterocycles. The molecule has 0 amide bonds. The molecule has 0 aliphatic carbocycles. The molecule has 0 radical (unpaired) electrons. The fourth-order valence-corrected chi connectivity index (χ4v) is 2.44. The fraction of sp³-hybridized carbons (Fsp3) is 0.188. The first kappa shape index (κ1) is 13.5. The summed E-state index contributed by atoms with van der Waals surface area (Å²) >= 11 is 0. The van der Waals surface area contributed by atoms with Crippen molar-refractivity contribution >= 4 is 16.7 Å². The molecular formula is C16H15F2N3. The first-order valence-corrected chi connectivity index (χ1v) is 6.71. The normalized spacial score (nSPS) is 11.5. The molecule has 21 heavy (non-hydrogen) atoms. The predicted octanol–water partition coefficient (Wildman–Crippen LogP) is 4.01. The maximum absolute atomic E-state index is 14.2. The zero-order valence-corrected chi connectivity index (χ0v) is 11.8. The van der Waals surface area contributed by atoms with Crippen LogP contribution in [0.2, 0.25) is 0 Å². The minimum atomic E-state index is -0.618. The van der Waals surface area contributed by atoms with E-state index in [1.54, 1.807) is 18.2 Å². The Bertz CT molecular complexity index is 801. The van der Waals surface area contributed by atoms with Gasteiger partial charge in [0.05, 0.1) is 11.0 Å². The fourth-order valence-electron chi connectivity index (χ4n) is 2.44. The van der Waals surface area contributed by atoms with Crippen LogP contribution < -0.4 is 5.73 Å². The number of para-hydroxylation sites is 1. The lowest BCUT2D eigenvalue weighted by atomic mass is 10.2. The van der Waals surface area contributed by atoms with Crippen molar-refractivity contribution in [3.63, 3.8) is 0 Å². The molecule has 0 bridgehead atoms. The first-order valence-electron chi connectivity index (χ1n) is 6.71. The Hall–Kier alpha value is -2.43. The molecule has 0 spiro atoms. The van der Waals surface area contributed by atoms with E-state index in [4.69, 9.17) is 5.73 Å². The number of nitrogens with zero attached hydrogens (tertiary/aromatic N) is 2. The van der Waals surface area contributed by atoms with Crippen molar-refractivity contribution < 1.29 is 8.78 Å². The summed E-state index contributed by atoms with van der Waals surface area (Å²) in [5, 5.41) is 0. The molecule has 2 N–H and O–H groups in total. The Morgan fingerprint density at radius 3 is 2.38 bits per heavy atom. The molecule has 0 aliphatic rings. The number of rotatable bonds is 2. The van der Waals surface area contributed by atoms with Crippen molar-refractivity contribution in [1.82, 2.24) is 9.55 Å². The molecule has 0 saturated heterocycles. The number of nitrogen functional groups attached to an aromatic ring is 1. The van der Waals surface area contributed by atoms with E-state index in [2.05, 4.69) is 4.98 Å². The number of anilines is 1. The van der Waals surface area contributed by atoms with Gasteiger partial charge in [0.25, 0.3) is 0 Å². The van der Waals surface area contributed by atoms with Crippen LogP contribution >= 0.6 is 0 Å². The zero-order valence-electron chi connectivity index (χ0n) is 11.8. The average Bonchev–Trinajstić information content (AvgIpc) is 2.77. The Labute approximate surface area is 121 Å². The second-order valence-electron chi connectivity index (χ2n) is 5.28. The monoisotopic (exact) mass is 287 g/mol. The maximum atomic E-state index is 14.2. The van der Waals surface area contributed by atoms with E-state index in [-0.39, 0.29) is 11.6 Å². The van der Waals surface area contributed by atoms with Gasteiger partial charge in [-0.3, -0.25) is 4.57 Å². The molecule has 3 aromatic rings. The van der Waals surface area contributed by atoms with Crippen LogP contribution in [0.15, 0.2) is 36.4 Å². The number of hydrogen-bond acceptors (Lipinski definition) is 2. The molecule has 0 unspecified atom stereocenters. The van der Waals surface area contributed by atoms with E-state index in [1.807, 2.05) is 13.8 Å². The van der Waals surface area contributed by atoms with E-state index in [0.717, 1.165) is 0 Å². The Morgan fingerprint density at radius 2 is 1.76 bits per heavy atom. The number of halogens is 2. The van der Waals surface area contributed by atoms with Crippen molar-refractivity contribution in [1.29, 1.82) is 0 Å². The molecule has 1 aromatic heterocycles. The summed E-state index contributed by atoms with van der Waals surface area (Å²) in [6, 6.07) is 8.97. The number of benzene rings is 2. The summed E-state index contributed by atoms with van der Waals surface area (Å²) in [4.78, 5) is 4.48. The molecule has 0 fully saturated rings. The van der Waals surface area contributed by atoms with Gasteiger partial charge in [-0.15, -0.1) is 0 Å². The van der Waals surface area contributed by atoms with E-state index in [1.165, 1.54) is 22.8 Å². The van der Waals surface area contributed by atoms with Gasteiger partial charge in [-0.2, -0.15) is 0 Å². The summed E-state index contributed by atoms with van der Waals surface area (Å²) in [5.41, 5.74) is 7.49. The molecular weight excluding hydrogens is 272 g/mol. The number of aromatic nitrogens is 2. The van der Waals surface area contributed by atoms with Gasteiger partial charge in [0, 0.05) is 11.6 Å². The lowest BCUT2D eigenvalue weighted by molar-refractivity contribution is 0.565. The van der Waals surface area contributed by atoms with Crippen molar-refractivity contribution in [3.8, 4) is 5.69 Å². The van der Waals surface area contributed by atoms with E-state index >= 15 is 0 Å². The summed E-state index contributed by atoms with van der Waals surface area (Å²) in [5.74, 6) is -0.627. The summed E-state index contributed by atoms with van der Waals surface area (Å²) < 4.78 is 29.8. The smallest absolute Gasteiger partial charge is 0.150 e. The summed E-state index contributed by atoms with van der Waals surface area (Å²) in [6.45, 7) is 3.86. The van der Waals surface area contributed by atoms with Crippen LogP contribution in [-0.2, 0) is 0 Å². The molecule has 0 atom stereocenters. The van der Waals surface area contributed by atoms with Crippen molar-refractivity contribution in [2.45, 2.75) is 19.8 Å². The summed E-state index contributed by atoms with van der Waals surface area (Å²) in [6.07, 6.45) is 0. The largest absolute Gasteiger partial charge is 0.399 e. The Balaban J connectivity index is 2.42. The highest BCUT2D eigenvalue weighted by molar-refractivity contribution is 5.81. The SMILES string of the molecule is CC(C)c1nc2cc(N)ccc2n1-c1c(F)cccc1F. The highest BCUT2D eigenvalue weighted by Gasteiger charge is 2.20. The molecule has 2 aromatic carbocycles. The molecule has 0 saturated carbocycles. The average molecular weight is 287 g/mol. The lowest BCUT2D eigenvalue weighted by Gasteiger charge is -2.13. The van der Waals surface area contributed by atoms with Crippen molar-refractivity contribution in [3.05, 3.63) is 53.9 Å². The van der Waals surface area contributed by atoms with E-state index in [0.29, 0.717) is 22.5 Å². The number of fused-ring (bicyclic) bond motifs is 1. The minimum absolute atomic E-state index is 0.0117. The van der Waals surface area contributed by atoms with Gasteiger partial charge in [-0.1, -0.05) is 19.9 Å². The number of nitrogens with two attached hydrogens (primary N) is 1. The molecule has 0 aliphatic heterocycles. The van der Waals surface area contributed by atoms with E-state index in [9.17, 15) is 8.78 Å². The standard InChI is InChI=1S/C16H15F2N3/c1-9(2)16-20-13-8-10(19)6-7-14(13)21(16)15-11(17)4-3-5-12(15)18/h3-9H,19H2,1-2H3. The van der Waals surface area contributed by atoms with Crippen LogP contribution in [0.1, 0.15) is 25.6 Å². The first-order chi connectivity index (χ1) is 9.99. The molecule has 108 valence electrons. The van der Waals surface area contributed by atoms with Crippen LogP contribution in [0, 0.1) is 11.6 Å². The Morgan fingerprint density at radius 1 is 1.10 bits per heavy atom. The van der Waals surface area contributed by atoms with Crippen molar-refractivity contribution in [2.24, 2.45) is 0 Å². The molecule has 3 nitrogen and oxygen atoms in total. The third-order valence-electron chi connectivity index (χ3n) is 3.38. The van der Waals surface area contributed by atoms with Crippen LogP contribution in [0.25, 0.3) is 16.7 Å². The zero-order chi connectivity index (χ0) is 15.1. The second kappa shape index (κ2) is 4.84. The van der Waals surface area contributed by atoms with Crippen molar-refractivity contribution in [2.75, 3.05) is 5.73 Å². The topological polar surface area (TPSA) is 43.8 Å². The highest BCUT2D eigenvalue weighted by Crippen LogP contribution is 2.29. The number of imidazole rings is 1. The summed E-state index contributed by atoms with van der Waals surface area (Å²) in [7, 11) is 0. The molecule has 5 heteroatoms. The van der Waals surface area contributed by atoms with E-state index < -0.39 is 11.6 Å². The van der Waals surface area contributed by atoms with Gasteiger partial charge < -0.3 is 5.73 Å². The van der Waals surface area contributed by atoms with Crippen LogP contribution in [0.5, 0.6) is 0 Å². The van der Waals surface area contributed by atoms with Gasteiger partial charge in [0.1, 0.15) is 23.1 Å². The Kier molecular flexibility index (Phi) is 3.12. The van der Waals surface area contributed by atoms with Crippen LogP contribution in [0.4, 0.5) is 14.5 Å². The lowest BCUT2D eigenvalue weighted by Crippen LogP contribution is -2.07.